The molecule has 1 spiro atoms. The predicted octanol–water partition coefficient (Wildman–Crippen LogP) is 3.97. The summed E-state index contributed by atoms with van der Waals surface area (Å²) in [6, 6.07) is 19.3. The highest BCUT2D eigenvalue weighted by Crippen LogP contribution is 2.59. The van der Waals surface area contributed by atoms with Crippen LogP contribution in [0.3, 0.4) is 0 Å². The van der Waals surface area contributed by atoms with Crippen molar-refractivity contribution < 1.29 is 4.79 Å². The highest BCUT2D eigenvalue weighted by atomic mass is 35.5. The van der Waals surface area contributed by atoms with Crippen molar-refractivity contribution in [2.75, 3.05) is 19.6 Å². The first-order valence-corrected chi connectivity index (χ1v) is 9.92. The molecule has 0 aromatic heterocycles. The monoisotopic (exact) mass is 382 g/mol. The molecule has 4 heteroatoms. The van der Waals surface area contributed by atoms with Crippen LogP contribution in [-0.4, -0.2) is 30.4 Å². The first kappa shape index (κ1) is 18.5. The van der Waals surface area contributed by atoms with E-state index in [1.807, 2.05) is 0 Å². The Balaban J connectivity index is 0.00000180. The van der Waals surface area contributed by atoms with Gasteiger partial charge >= 0.3 is 0 Å². The molecule has 2 aromatic rings. The van der Waals surface area contributed by atoms with Gasteiger partial charge in [-0.15, -0.1) is 12.4 Å². The van der Waals surface area contributed by atoms with E-state index in [1.165, 1.54) is 16.7 Å². The van der Waals surface area contributed by atoms with E-state index in [0.717, 1.165) is 45.3 Å². The minimum absolute atomic E-state index is 0. The summed E-state index contributed by atoms with van der Waals surface area (Å²) in [6.07, 6.45) is 4.37. The van der Waals surface area contributed by atoms with Gasteiger partial charge in [0, 0.05) is 12.5 Å². The van der Waals surface area contributed by atoms with Crippen LogP contribution < -0.4 is 5.32 Å². The molecule has 1 saturated carbocycles. The fourth-order valence-corrected chi connectivity index (χ4v) is 5.17. The van der Waals surface area contributed by atoms with Crippen molar-refractivity contribution in [1.29, 1.82) is 0 Å². The molecule has 0 bridgehead atoms. The van der Waals surface area contributed by atoms with Gasteiger partial charge in [0.15, 0.2) is 0 Å². The molecule has 2 aromatic carbocycles. The Hall–Kier alpha value is -1.84. The molecule has 1 amide bonds. The summed E-state index contributed by atoms with van der Waals surface area (Å²) in [5.41, 5.74) is 4.21. The SMILES string of the molecule is Cl.O=C(C1CC12CCNCC2)N1CCc2ccccc2C1c1ccccc1. The molecule has 1 N–H and O–H groups in total. The van der Waals surface area contributed by atoms with Crippen molar-refractivity contribution in [1.82, 2.24) is 10.2 Å². The maximum Gasteiger partial charge on any atom is 0.227 e. The lowest BCUT2D eigenvalue weighted by atomic mass is 9.86. The lowest BCUT2D eigenvalue weighted by molar-refractivity contribution is -0.135. The topological polar surface area (TPSA) is 32.3 Å². The standard InChI is InChI=1S/C23H26N2O.ClH/c26-22(20-16-23(20)11-13-24-14-12-23)25-15-10-17-6-4-5-9-19(17)21(25)18-7-2-1-3-8-18;/h1-9,20-21,24H,10-16H2;1H. The number of carbonyl (C=O) groups excluding carboxylic acids is 1. The Labute approximate surface area is 167 Å². The van der Waals surface area contributed by atoms with E-state index in [-0.39, 0.29) is 24.4 Å². The molecule has 3 nitrogen and oxygen atoms in total. The third-order valence-electron chi connectivity index (χ3n) is 6.77. The van der Waals surface area contributed by atoms with Gasteiger partial charge in [0.2, 0.25) is 5.91 Å². The van der Waals surface area contributed by atoms with Gasteiger partial charge in [0.05, 0.1) is 6.04 Å². The molecule has 2 unspecified atom stereocenters. The Bertz CT molecular complexity index is 816. The first-order chi connectivity index (χ1) is 12.8. The number of hydrogen-bond donors (Lipinski definition) is 1. The molecule has 2 heterocycles. The molecule has 1 saturated heterocycles. The summed E-state index contributed by atoms with van der Waals surface area (Å²) in [5.74, 6) is 0.622. The second kappa shape index (κ2) is 7.29. The Morgan fingerprint density at radius 1 is 1.00 bits per heavy atom. The summed E-state index contributed by atoms with van der Waals surface area (Å²) < 4.78 is 0. The lowest BCUT2D eigenvalue weighted by Gasteiger charge is -2.38. The second-order valence-electron chi connectivity index (χ2n) is 8.16. The van der Waals surface area contributed by atoms with Crippen LogP contribution in [0.2, 0.25) is 0 Å². The summed E-state index contributed by atoms with van der Waals surface area (Å²) in [6.45, 7) is 2.96. The van der Waals surface area contributed by atoms with Gasteiger partial charge in [-0.1, -0.05) is 54.6 Å². The molecular formula is C23H27ClN2O. The van der Waals surface area contributed by atoms with Crippen molar-refractivity contribution in [3.8, 4) is 0 Å². The van der Waals surface area contributed by atoms with Gasteiger partial charge in [-0.05, 0) is 60.9 Å². The van der Waals surface area contributed by atoms with Gasteiger partial charge in [-0.3, -0.25) is 4.79 Å². The molecule has 2 fully saturated rings. The number of amides is 1. The van der Waals surface area contributed by atoms with Gasteiger partial charge in [0.25, 0.3) is 0 Å². The number of halogens is 1. The zero-order chi connectivity index (χ0) is 17.6. The number of benzene rings is 2. The van der Waals surface area contributed by atoms with Crippen LogP contribution in [0.25, 0.3) is 0 Å². The predicted molar refractivity (Wildman–Crippen MR) is 110 cm³/mol. The number of fused-ring (bicyclic) bond motifs is 1. The smallest absolute Gasteiger partial charge is 0.227 e. The fraction of sp³-hybridized carbons (Fsp3) is 0.435. The summed E-state index contributed by atoms with van der Waals surface area (Å²) >= 11 is 0. The number of rotatable bonds is 2. The number of nitrogens with zero attached hydrogens (tertiary/aromatic N) is 1. The summed E-state index contributed by atoms with van der Waals surface area (Å²) in [5, 5.41) is 3.44. The molecule has 1 aliphatic carbocycles. The van der Waals surface area contributed by atoms with Crippen molar-refractivity contribution in [2.24, 2.45) is 11.3 Å². The molecule has 142 valence electrons. The highest BCUT2D eigenvalue weighted by molar-refractivity contribution is 5.85. The van der Waals surface area contributed by atoms with E-state index >= 15 is 0 Å². The Morgan fingerprint density at radius 2 is 1.70 bits per heavy atom. The molecule has 0 radical (unpaired) electrons. The number of nitrogens with one attached hydrogen (secondary N) is 1. The van der Waals surface area contributed by atoms with Gasteiger partial charge in [-0.2, -0.15) is 0 Å². The van der Waals surface area contributed by atoms with Crippen molar-refractivity contribution >= 4 is 18.3 Å². The van der Waals surface area contributed by atoms with Crippen LogP contribution in [0.4, 0.5) is 0 Å². The minimum atomic E-state index is 0. The van der Waals surface area contributed by atoms with E-state index in [1.54, 1.807) is 0 Å². The van der Waals surface area contributed by atoms with Crippen LogP contribution in [0.1, 0.15) is 42.0 Å². The maximum atomic E-state index is 13.5. The lowest BCUT2D eigenvalue weighted by Crippen LogP contribution is -2.43. The van der Waals surface area contributed by atoms with Gasteiger partial charge in [-0.25, -0.2) is 0 Å². The largest absolute Gasteiger partial charge is 0.331 e. The minimum Gasteiger partial charge on any atom is -0.331 e. The van der Waals surface area contributed by atoms with E-state index < -0.39 is 0 Å². The van der Waals surface area contributed by atoms with Crippen LogP contribution in [0, 0.1) is 11.3 Å². The van der Waals surface area contributed by atoms with E-state index in [2.05, 4.69) is 64.8 Å². The van der Waals surface area contributed by atoms with E-state index in [9.17, 15) is 4.79 Å². The average Bonchev–Trinajstić information content (AvgIpc) is 3.40. The third kappa shape index (κ3) is 3.17. The quantitative estimate of drug-likeness (QED) is 0.852. The molecule has 3 aliphatic rings. The highest BCUT2D eigenvalue weighted by Gasteiger charge is 2.59. The first-order valence-electron chi connectivity index (χ1n) is 9.92. The molecule has 5 rings (SSSR count). The number of carbonyl (C=O) groups is 1. The van der Waals surface area contributed by atoms with E-state index in [4.69, 9.17) is 0 Å². The van der Waals surface area contributed by atoms with Crippen LogP contribution in [0.15, 0.2) is 54.6 Å². The van der Waals surface area contributed by atoms with E-state index in [0.29, 0.717) is 11.3 Å². The molecule has 27 heavy (non-hydrogen) atoms. The molecule has 2 aliphatic heterocycles. The molecular weight excluding hydrogens is 356 g/mol. The Kier molecular flexibility index (Phi) is 5.00. The third-order valence-corrected chi connectivity index (χ3v) is 6.77. The number of piperidine rings is 1. The van der Waals surface area contributed by atoms with Crippen molar-refractivity contribution in [3.05, 3.63) is 71.3 Å². The summed E-state index contributed by atoms with van der Waals surface area (Å²) in [4.78, 5) is 15.7. The zero-order valence-corrected chi connectivity index (χ0v) is 16.4. The average molecular weight is 383 g/mol. The van der Waals surface area contributed by atoms with Crippen LogP contribution in [-0.2, 0) is 11.2 Å². The Morgan fingerprint density at radius 3 is 2.48 bits per heavy atom. The summed E-state index contributed by atoms with van der Waals surface area (Å²) in [7, 11) is 0. The second-order valence-corrected chi connectivity index (χ2v) is 8.16. The van der Waals surface area contributed by atoms with Crippen molar-refractivity contribution in [2.45, 2.75) is 31.7 Å². The molecule has 2 atom stereocenters. The fourth-order valence-electron chi connectivity index (χ4n) is 5.17. The van der Waals surface area contributed by atoms with Crippen molar-refractivity contribution in [3.63, 3.8) is 0 Å². The van der Waals surface area contributed by atoms with Crippen LogP contribution in [0.5, 0.6) is 0 Å². The van der Waals surface area contributed by atoms with Gasteiger partial charge < -0.3 is 10.2 Å². The zero-order valence-electron chi connectivity index (χ0n) is 15.6. The van der Waals surface area contributed by atoms with Crippen LogP contribution >= 0.6 is 12.4 Å². The normalized spacial score (nSPS) is 25.4. The number of hydrogen-bond acceptors (Lipinski definition) is 2. The van der Waals surface area contributed by atoms with Gasteiger partial charge in [0.1, 0.15) is 0 Å². The maximum absolute atomic E-state index is 13.5.